The standard InChI is InChI=1S/C15H26N2S/c1-4-16-10-14-7-8-15(18-14)11-17-9-5-6-12(2)13(17)3/h7-8,12-13,16H,4-6,9-11H2,1-3H3. The van der Waals surface area contributed by atoms with Gasteiger partial charge < -0.3 is 5.32 Å². The van der Waals surface area contributed by atoms with Crippen molar-refractivity contribution in [2.24, 2.45) is 5.92 Å². The smallest absolute Gasteiger partial charge is 0.0330 e. The molecule has 0 radical (unpaired) electrons. The molecule has 1 saturated heterocycles. The van der Waals surface area contributed by atoms with Crippen LogP contribution in [0.3, 0.4) is 0 Å². The van der Waals surface area contributed by atoms with Gasteiger partial charge in [0.05, 0.1) is 0 Å². The van der Waals surface area contributed by atoms with E-state index >= 15 is 0 Å². The summed E-state index contributed by atoms with van der Waals surface area (Å²) >= 11 is 1.97. The predicted octanol–water partition coefficient (Wildman–Crippen LogP) is 3.48. The second-order valence-electron chi connectivity index (χ2n) is 5.48. The van der Waals surface area contributed by atoms with Gasteiger partial charge in [0.15, 0.2) is 0 Å². The van der Waals surface area contributed by atoms with Gasteiger partial charge in [0.1, 0.15) is 0 Å². The number of hydrogen-bond acceptors (Lipinski definition) is 3. The molecule has 0 amide bonds. The molecular formula is C15H26N2S. The number of nitrogens with one attached hydrogen (secondary N) is 1. The summed E-state index contributed by atoms with van der Waals surface area (Å²) in [5.74, 6) is 0.847. The Kier molecular flexibility index (Phi) is 5.22. The van der Waals surface area contributed by atoms with Gasteiger partial charge in [-0.1, -0.05) is 13.8 Å². The zero-order chi connectivity index (χ0) is 13.0. The van der Waals surface area contributed by atoms with Crippen molar-refractivity contribution < 1.29 is 0 Å². The van der Waals surface area contributed by atoms with Crippen LogP contribution in [0.1, 0.15) is 43.4 Å². The van der Waals surface area contributed by atoms with E-state index in [0.29, 0.717) is 0 Å². The normalized spacial score (nSPS) is 25.5. The summed E-state index contributed by atoms with van der Waals surface area (Å²) < 4.78 is 0. The van der Waals surface area contributed by atoms with Crippen molar-refractivity contribution >= 4 is 11.3 Å². The summed E-state index contributed by atoms with van der Waals surface area (Å²) in [6, 6.07) is 5.32. The Morgan fingerprint density at radius 3 is 2.89 bits per heavy atom. The zero-order valence-electron chi connectivity index (χ0n) is 11.9. The van der Waals surface area contributed by atoms with Gasteiger partial charge in [-0.25, -0.2) is 0 Å². The predicted molar refractivity (Wildman–Crippen MR) is 80.0 cm³/mol. The molecule has 2 atom stereocenters. The van der Waals surface area contributed by atoms with Gasteiger partial charge in [0.25, 0.3) is 0 Å². The van der Waals surface area contributed by atoms with Crippen LogP contribution in [-0.2, 0) is 13.1 Å². The third-order valence-electron chi connectivity index (χ3n) is 4.13. The average molecular weight is 266 g/mol. The molecule has 1 fully saturated rings. The lowest BCUT2D eigenvalue weighted by Crippen LogP contribution is -2.41. The molecule has 2 rings (SSSR count). The largest absolute Gasteiger partial charge is 0.312 e. The molecule has 0 bridgehead atoms. The van der Waals surface area contributed by atoms with Crippen LogP contribution in [0.4, 0.5) is 0 Å². The lowest BCUT2D eigenvalue weighted by Gasteiger charge is -2.37. The van der Waals surface area contributed by atoms with Crippen molar-refractivity contribution in [1.29, 1.82) is 0 Å². The minimum atomic E-state index is 0.734. The Hall–Kier alpha value is -0.380. The van der Waals surface area contributed by atoms with Crippen LogP contribution in [0.5, 0.6) is 0 Å². The van der Waals surface area contributed by atoms with Crippen LogP contribution in [0.15, 0.2) is 12.1 Å². The monoisotopic (exact) mass is 266 g/mol. The molecule has 1 aromatic heterocycles. The maximum Gasteiger partial charge on any atom is 0.0330 e. The summed E-state index contributed by atoms with van der Waals surface area (Å²) in [7, 11) is 0. The highest BCUT2D eigenvalue weighted by molar-refractivity contribution is 7.11. The molecule has 1 aromatic rings. The molecule has 0 spiro atoms. The van der Waals surface area contributed by atoms with E-state index in [-0.39, 0.29) is 0 Å². The number of likely N-dealkylation sites (tertiary alicyclic amines) is 1. The van der Waals surface area contributed by atoms with E-state index in [1.54, 1.807) is 0 Å². The van der Waals surface area contributed by atoms with Crippen LogP contribution in [-0.4, -0.2) is 24.0 Å². The van der Waals surface area contributed by atoms with Crippen LogP contribution in [0.2, 0.25) is 0 Å². The van der Waals surface area contributed by atoms with Crippen molar-refractivity contribution in [3.8, 4) is 0 Å². The highest BCUT2D eigenvalue weighted by atomic mass is 32.1. The highest BCUT2D eigenvalue weighted by Crippen LogP contribution is 2.26. The van der Waals surface area contributed by atoms with Crippen molar-refractivity contribution in [2.45, 2.75) is 52.7 Å². The molecule has 1 aliphatic heterocycles. The first-order valence-electron chi connectivity index (χ1n) is 7.23. The molecular weight excluding hydrogens is 240 g/mol. The number of piperidine rings is 1. The number of nitrogens with zero attached hydrogens (tertiary/aromatic N) is 1. The number of hydrogen-bond donors (Lipinski definition) is 1. The van der Waals surface area contributed by atoms with E-state index in [9.17, 15) is 0 Å². The minimum absolute atomic E-state index is 0.734. The van der Waals surface area contributed by atoms with E-state index in [0.717, 1.165) is 31.6 Å². The Morgan fingerprint density at radius 2 is 2.11 bits per heavy atom. The first kappa shape index (κ1) is 14.0. The van der Waals surface area contributed by atoms with Crippen LogP contribution < -0.4 is 5.32 Å². The summed E-state index contributed by atoms with van der Waals surface area (Å²) in [4.78, 5) is 5.63. The minimum Gasteiger partial charge on any atom is -0.312 e. The van der Waals surface area contributed by atoms with Gasteiger partial charge in [0.2, 0.25) is 0 Å². The van der Waals surface area contributed by atoms with E-state index in [1.807, 2.05) is 11.3 Å². The molecule has 2 unspecified atom stereocenters. The van der Waals surface area contributed by atoms with Gasteiger partial charge >= 0.3 is 0 Å². The lowest BCUT2D eigenvalue weighted by molar-refractivity contribution is 0.107. The van der Waals surface area contributed by atoms with Crippen molar-refractivity contribution in [2.75, 3.05) is 13.1 Å². The maximum absolute atomic E-state index is 3.39. The quantitative estimate of drug-likeness (QED) is 0.878. The second-order valence-corrected chi connectivity index (χ2v) is 6.73. The Bertz CT molecular complexity index is 361. The summed E-state index contributed by atoms with van der Waals surface area (Å²) in [6.45, 7) is 11.4. The summed E-state index contributed by atoms with van der Waals surface area (Å²) in [5.41, 5.74) is 0. The molecule has 2 nitrogen and oxygen atoms in total. The molecule has 18 heavy (non-hydrogen) atoms. The van der Waals surface area contributed by atoms with Gasteiger partial charge in [0, 0.05) is 28.9 Å². The Labute approximate surface area is 115 Å². The molecule has 0 aliphatic carbocycles. The first-order chi connectivity index (χ1) is 8.70. The van der Waals surface area contributed by atoms with Gasteiger partial charge in [-0.3, -0.25) is 4.90 Å². The lowest BCUT2D eigenvalue weighted by atomic mass is 9.92. The fraction of sp³-hybridized carbons (Fsp3) is 0.733. The summed E-state index contributed by atoms with van der Waals surface area (Å²) in [6.07, 6.45) is 2.76. The van der Waals surface area contributed by atoms with Crippen LogP contribution >= 0.6 is 11.3 Å². The highest BCUT2D eigenvalue weighted by Gasteiger charge is 2.24. The Balaban J connectivity index is 1.90. The third kappa shape index (κ3) is 3.56. The van der Waals surface area contributed by atoms with E-state index in [2.05, 4.69) is 43.1 Å². The average Bonchev–Trinajstić information content (AvgIpc) is 2.80. The Morgan fingerprint density at radius 1 is 1.33 bits per heavy atom. The van der Waals surface area contributed by atoms with Crippen molar-refractivity contribution in [1.82, 2.24) is 10.2 Å². The first-order valence-corrected chi connectivity index (χ1v) is 8.04. The molecule has 2 heterocycles. The molecule has 0 saturated carbocycles. The molecule has 1 aliphatic rings. The van der Waals surface area contributed by atoms with Crippen LogP contribution in [0.25, 0.3) is 0 Å². The molecule has 0 aromatic carbocycles. The molecule has 1 N–H and O–H groups in total. The molecule has 102 valence electrons. The van der Waals surface area contributed by atoms with E-state index in [4.69, 9.17) is 0 Å². The SMILES string of the molecule is CCNCc1ccc(CN2CCCC(C)C2C)s1. The van der Waals surface area contributed by atoms with Gasteiger partial charge in [-0.2, -0.15) is 0 Å². The maximum atomic E-state index is 3.39. The molecule has 3 heteroatoms. The second kappa shape index (κ2) is 6.69. The number of thiophene rings is 1. The van der Waals surface area contributed by atoms with Crippen LogP contribution in [0, 0.1) is 5.92 Å². The zero-order valence-corrected chi connectivity index (χ0v) is 12.7. The fourth-order valence-electron chi connectivity index (χ4n) is 2.69. The summed E-state index contributed by atoms with van der Waals surface area (Å²) in [5, 5.41) is 3.39. The van der Waals surface area contributed by atoms with E-state index in [1.165, 1.54) is 29.1 Å². The van der Waals surface area contributed by atoms with Gasteiger partial charge in [-0.15, -0.1) is 11.3 Å². The topological polar surface area (TPSA) is 15.3 Å². The van der Waals surface area contributed by atoms with Crippen molar-refractivity contribution in [3.63, 3.8) is 0 Å². The third-order valence-corrected chi connectivity index (χ3v) is 5.20. The number of rotatable bonds is 5. The van der Waals surface area contributed by atoms with Gasteiger partial charge in [-0.05, 0) is 50.9 Å². The fourth-order valence-corrected chi connectivity index (χ4v) is 3.71. The van der Waals surface area contributed by atoms with E-state index < -0.39 is 0 Å². The van der Waals surface area contributed by atoms with Crippen molar-refractivity contribution in [3.05, 3.63) is 21.9 Å².